The first-order valence-corrected chi connectivity index (χ1v) is 5.15. The summed E-state index contributed by atoms with van der Waals surface area (Å²) in [5.74, 6) is 1.03. The molecule has 0 unspecified atom stereocenters. The number of hydrogen-bond acceptors (Lipinski definition) is 3. The van der Waals surface area contributed by atoms with Gasteiger partial charge in [-0.25, -0.2) is 9.67 Å². The van der Waals surface area contributed by atoms with Crippen molar-refractivity contribution in [1.82, 2.24) is 20.1 Å². The van der Waals surface area contributed by atoms with Crippen molar-refractivity contribution >= 4 is 0 Å². The van der Waals surface area contributed by atoms with Crippen LogP contribution in [0.25, 0.3) is 0 Å². The minimum absolute atomic E-state index is 0.594. The van der Waals surface area contributed by atoms with Gasteiger partial charge in [0, 0.05) is 12.6 Å². The maximum Gasteiger partial charge on any atom is 0.140 e. The summed E-state index contributed by atoms with van der Waals surface area (Å²) in [5, 5.41) is 7.60. The molecule has 14 heavy (non-hydrogen) atoms. The van der Waals surface area contributed by atoms with Crippen molar-refractivity contribution in [3.05, 3.63) is 24.3 Å². The summed E-state index contributed by atoms with van der Waals surface area (Å²) in [5.41, 5.74) is 0. The lowest BCUT2D eigenvalue weighted by atomic mass is 10.2. The molecule has 0 spiro atoms. The Morgan fingerprint density at radius 2 is 2.29 bits per heavy atom. The standard InChI is InChI=1S/C10H16N4/c1-2-14-10(12-8-13-14)7-11-9-5-3-4-6-9/h3-4,8-9,11H,2,5-7H2,1H3. The third kappa shape index (κ3) is 2.01. The van der Waals surface area contributed by atoms with Gasteiger partial charge in [-0.1, -0.05) is 12.2 Å². The van der Waals surface area contributed by atoms with Crippen molar-refractivity contribution in [1.29, 1.82) is 0 Å². The van der Waals surface area contributed by atoms with Crippen LogP contribution in [-0.4, -0.2) is 20.8 Å². The molecule has 0 fully saturated rings. The van der Waals surface area contributed by atoms with Gasteiger partial charge in [0.05, 0.1) is 6.54 Å². The lowest BCUT2D eigenvalue weighted by Crippen LogP contribution is -2.27. The summed E-state index contributed by atoms with van der Waals surface area (Å²) in [7, 11) is 0. The van der Waals surface area contributed by atoms with Gasteiger partial charge in [0.15, 0.2) is 0 Å². The largest absolute Gasteiger partial charge is 0.306 e. The third-order valence-corrected chi connectivity index (χ3v) is 2.55. The number of hydrogen-bond donors (Lipinski definition) is 1. The van der Waals surface area contributed by atoms with Gasteiger partial charge in [0.25, 0.3) is 0 Å². The van der Waals surface area contributed by atoms with Crippen LogP contribution in [0.5, 0.6) is 0 Å². The van der Waals surface area contributed by atoms with Crippen LogP contribution in [0.3, 0.4) is 0 Å². The van der Waals surface area contributed by atoms with Crippen molar-refractivity contribution < 1.29 is 0 Å². The maximum atomic E-state index is 4.22. The smallest absolute Gasteiger partial charge is 0.140 e. The van der Waals surface area contributed by atoms with E-state index in [9.17, 15) is 0 Å². The zero-order valence-electron chi connectivity index (χ0n) is 8.48. The Hall–Kier alpha value is -1.16. The van der Waals surface area contributed by atoms with E-state index in [1.54, 1.807) is 6.33 Å². The fourth-order valence-electron chi connectivity index (χ4n) is 1.71. The molecular weight excluding hydrogens is 176 g/mol. The normalized spacial score (nSPS) is 16.6. The van der Waals surface area contributed by atoms with E-state index in [1.165, 1.54) is 0 Å². The molecule has 0 saturated heterocycles. The highest BCUT2D eigenvalue weighted by atomic mass is 15.3. The van der Waals surface area contributed by atoms with Gasteiger partial charge in [-0.05, 0) is 19.8 Å². The van der Waals surface area contributed by atoms with Crippen LogP contribution in [0.4, 0.5) is 0 Å². The first kappa shape index (κ1) is 9.40. The van der Waals surface area contributed by atoms with Gasteiger partial charge in [-0.2, -0.15) is 5.10 Å². The SMILES string of the molecule is CCn1ncnc1CNC1CC=CC1. The second-order valence-corrected chi connectivity index (χ2v) is 3.51. The maximum absolute atomic E-state index is 4.22. The number of nitrogens with zero attached hydrogens (tertiary/aromatic N) is 3. The van der Waals surface area contributed by atoms with Crippen LogP contribution in [0.15, 0.2) is 18.5 Å². The van der Waals surface area contributed by atoms with Crippen LogP contribution >= 0.6 is 0 Å². The predicted molar refractivity (Wildman–Crippen MR) is 54.7 cm³/mol. The minimum atomic E-state index is 0.594. The molecule has 1 aliphatic carbocycles. The van der Waals surface area contributed by atoms with E-state index in [4.69, 9.17) is 0 Å². The van der Waals surface area contributed by atoms with Crippen molar-refractivity contribution in [2.24, 2.45) is 0 Å². The Morgan fingerprint density at radius 1 is 1.50 bits per heavy atom. The molecule has 1 aliphatic rings. The second kappa shape index (κ2) is 4.37. The molecule has 0 saturated carbocycles. The van der Waals surface area contributed by atoms with Gasteiger partial charge in [-0.3, -0.25) is 0 Å². The van der Waals surface area contributed by atoms with Crippen LogP contribution in [0.1, 0.15) is 25.6 Å². The highest BCUT2D eigenvalue weighted by Crippen LogP contribution is 2.09. The van der Waals surface area contributed by atoms with E-state index < -0.39 is 0 Å². The number of rotatable bonds is 4. The Morgan fingerprint density at radius 3 is 3.00 bits per heavy atom. The zero-order chi connectivity index (χ0) is 9.80. The zero-order valence-corrected chi connectivity index (χ0v) is 8.48. The molecule has 0 atom stereocenters. The van der Waals surface area contributed by atoms with E-state index in [0.717, 1.165) is 31.8 Å². The summed E-state index contributed by atoms with van der Waals surface area (Å²) in [6.45, 7) is 3.79. The van der Waals surface area contributed by atoms with Gasteiger partial charge in [-0.15, -0.1) is 0 Å². The molecule has 4 heteroatoms. The quantitative estimate of drug-likeness (QED) is 0.727. The molecular formula is C10H16N4. The molecule has 1 heterocycles. The van der Waals surface area contributed by atoms with Crippen LogP contribution in [-0.2, 0) is 13.1 Å². The van der Waals surface area contributed by atoms with E-state index >= 15 is 0 Å². The molecule has 4 nitrogen and oxygen atoms in total. The molecule has 1 aromatic heterocycles. The molecule has 76 valence electrons. The summed E-state index contributed by atoms with van der Waals surface area (Å²) in [4.78, 5) is 4.22. The van der Waals surface area contributed by atoms with Crippen molar-refractivity contribution in [2.45, 2.75) is 38.9 Å². The van der Waals surface area contributed by atoms with Gasteiger partial charge in [0.2, 0.25) is 0 Å². The topological polar surface area (TPSA) is 42.7 Å². The first-order chi connectivity index (χ1) is 6.90. The monoisotopic (exact) mass is 192 g/mol. The van der Waals surface area contributed by atoms with Crippen LogP contribution < -0.4 is 5.32 Å². The summed E-state index contributed by atoms with van der Waals surface area (Å²) >= 11 is 0. The van der Waals surface area contributed by atoms with Crippen molar-refractivity contribution in [3.63, 3.8) is 0 Å². The molecule has 1 aromatic rings. The Labute approximate surface area is 84.0 Å². The van der Waals surface area contributed by atoms with E-state index in [-0.39, 0.29) is 0 Å². The molecule has 1 N–H and O–H groups in total. The fraction of sp³-hybridized carbons (Fsp3) is 0.600. The summed E-state index contributed by atoms with van der Waals surface area (Å²) in [6, 6.07) is 0.594. The van der Waals surface area contributed by atoms with Crippen LogP contribution in [0, 0.1) is 0 Å². The molecule has 0 amide bonds. The fourth-order valence-corrected chi connectivity index (χ4v) is 1.71. The second-order valence-electron chi connectivity index (χ2n) is 3.51. The Balaban J connectivity index is 1.85. The lowest BCUT2D eigenvalue weighted by molar-refractivity contribution is 0.502. The Bertz CT molecular complexity index is 308. The van der Waals surface area contributed by atoms with Crippen molar-refractivity contribution in [2.75, 3.05) is 0 Å². The Kier molecular flexibility index (Phi) is 2.93. The number of aryl methyl sites for hydroxylation is 1. The van der Waals surface area contributed by atoms with E-state index in [2.05, 4.69) is 34.5 Å². The predicted octanol–water partition coefficient (Wildman–Crippen LogP) is 1.11. The van der Waals surface area contributed by atoms with E-state index in [0.29, 0.717) is 6.04 Å². The molecule has 0 aliphatic heterocycles. The van der Waals surface area contributed by atoms with Crippen LogP contribution in [0.2, 0.25) is 0 Å². The van der Waals surface area contributed by atoms with Gasteiger partial charge in [0.1, 0.15) is 12.2 Å². The van der Waals surface area contributed by atoms with E-state index in [1.807, 2.05) is 4.68 Å². The molecule has 0 bridgehead atoms. The van der Waals surface area contributed by atoms with Crippen molar-refractivity contribution in [3.8, 4) is 0 Å². The highest BCUT2D eigenvalue weighted by Gasteiger charge is 2.10. The number of nitrogens with one attached hydrogen (secondary N) is 1. The summed E-state index contributed by atoms with van der Waals surface area (Å²) in [6.07, 6.45) is 8.35. The first-order valence-electron chi connectivity index (χ1n) is 5.15. The van der Waals surface area contributed by atoms with Gasteiger partial charge >= 0.3 is 0 Å². The number of aromatic nitrogens is 3. The highest BCUT2D eigenvalue weighted by molar-refractivity contribution is 4.98. The third-order valence-electron chi connectivity index (χ3n) is 2.55. The molecule has 0 aromatic carbocycles. The van der Waals surface area contributed by atoms with Gasteiger partial charge < -0.3 is 5.32 Å². The lowest BCUT2D eigenvalue weighted by Gasteiger charge is -2.11. The summed E-state index contributed by atoms with van der Waals surface area (Å²) < 4.78 is 1.93. The minimum Gasteiger partial charge on any atom is -0.306 e. The average Bonchev–Trinajstić information content (AvgIpc) is 2.85. The average molecular weight is 192 g/mol. The molecule has 2 rings (SSSR count). The molecule has 0 radical (unpaired) electrons.